The lowest BCUT2D eigenvalue weighted by Gasteiger charge is -2.03. The van der Waals surface area contributed by atoms with E-state index >= 15 is 0 Å². The van der Waals surface area contributed by atoms with Crippen molar-refractivity contribution in [1.82, 2.24) is 15.5 Å². The molecule has 3 rings (SSSR count). The third kappa shape index (κ3) is 2.66. The number of nitrogens with one attached hydrogen (secondary N) is 2. The molecule has 0 spiro atoms. The summed E-state index contributed by atoms with van der Waals surface area (Å²) in [7, 11) is 0. The zero-order chi connectivity index (χ0) is 13.9. The predicted octanol–water partition coefficient (Wildman–Crippen LogP) is 2.40. The highest BCUT2D eigenvalue weighted by Gasteiger charge is 2.22. The highest BCUT2D eigenvalue weighted by atomic mass is 35.5. The first kappa shape index (κ1) is 13.1. The van der Waals surface area contributed by atoms with Crippen LogP contribution >= 0.6 is 11.6 Å². The maximum Gasteiger partial charge on any atom is 0.322 e. The molecule has 1 aliphatic heterocycles. The van der Waals surface area contributed by atoms with Crippen molar-refractivity contribution in [2.45, 2.75) is 18.9 Å². The Hall–Kier alpha value is -1.92. The molecular weight excluding hydrogens is 280 g/mol. The Morgan fingerprint density at radius 2 is 2.25 bits per heavy atom. The molecule has 2 aromatic rings. The van der Waals surface area contributed by atoms with Crippen LogP contribution in [0.5, 0.6) is 0 Å². The summed E-state index contributed by atoms with van der Waals surface area (Å²) >= 11 is 5.96. The van der Waals surface area contributed by atoms with Crippen LogP contribution in [0.25, 0.3) is 0 Å². The quantitative estimate of drug-likeness (QED) is 0.908. The van der Waals surface area contributed by atoms with Gasteiger partial charge in [0.2, 0.25) is 5.89 Å². The number of carbonyl (C=O) groups excluding carboxylic acids is 1. The molecule has 1 fully saturated rings. The minimum absolute atomic E-state index is 0.0773. The molecule has 2 N–H and O–H groups in total. The average Bonchev–Trinajstić information content (AvgIpc) is 3.09. The fourth-order valence-corrected chi connectivity index (χ4v) is 2.35. The van der Waals surface area contributed by atoms with Gasteiger partial charge in [-0.15, -0.1) is 5.10 Å². The number of anilines is 1. The Bertz CT molecular complexity index is 622. The van der Waals surface area contributed by atoms with Gasteiger partial charge in [0, 0.05) is 0 Å². The van der Waals surface area contributed by atoms with E-state index in [4.69, 9.17) is 16.0 Å². The van der Waals surface area contributed by atoms with Crippen LogP contribution in [0.2, 0.25) is 5.02 Å². The second-order valence-electron chi connectivity index (χ2n) is 4.53. The first-order valence-electron chi connectivity index (χ1n) is 6.37. The molecule has 1 saturated heterocycles. The van der Waals surface area contributed by atoms with Crippen LogP contribution in [-0.4, -0.2) is 22.6 Å². The van der Waals surface area contributed by atoms with Crippen LogP contribution in [-0.2, 0) is 0 Å². The van der Waals surface area contributed by atoms with E-state index in [2.05, 4.69) is 20.8 Å². The van der Waals surface area contributed by atoms with Gasteiger partial charge in [0.1, 0.15) is 0 Å². The van der Waals surface area contributed by atoms with E-state index in [9.17, 15) is 4.79 Å². The molecule has 1 aliphatic rings. The third-order valence-corrected chi connectivity index (χ3v) is 3.47. The van der Waals surface area contributed by atoms with Crippen molar-refractivity contribution in [3.63, 3.8) is 0 Å². The zero-order valence-electron chi connectivity index (χ0n) is 10.6. The maximum atomic E-state index is 12.0. The van der Waals surface area contributed by atoms with Gasteiger partial charge >= 0.3 is 6.01 Å². The highest BCUT2D eigenvalue weighted by Crippen LogP contribution is 2.23. The largest absolute Gasteiger partial charge is 0.406 e. The van der Waals surface area contributed by atoms with E-state index in [1.54, 1.807) is 24.3 Å². The van der Waals surface area contributed by atoms with Crippen molar-refractivity contribution < 1.29 is 9.21 Å². The summed E-state index contributed by atoms with van der Waals surface area (Å²) < 4.78 is 5.44. The number of carbonyl (C=O) groups is 1. The Morgan fingerprint density at radius 3 is 3.00 bits per heavy atom. The molecule has 6 nitrogen and oxygen atoms in total. The fraction of sp³-hybridized carbons (Fsp3) is 0.308. The van der Waals surface area contributed by atoms with Crippen LogP contribution < -0.4 is 10.6 Å². The molecule has 0 bridgehead atoms. The number of amides is 1. The molecule has 1 aromatic carbocycles. The summed E-state index contributed by atoms with van der Waals surface area (Å²) in [5.41, 5.74) is 0.368. The summed E-state index contributed by atoms with van der Waals surface area (Å²) in [4.78, 5) is 12.0. The molecule has 0 aliphatic carbocycles. The molecule has 1 amide bonds. The smallest absolute Gasteiger partial charge is 0.322 e. The Balaban J connectivity index is 1.72. The van der Waals surface area contributed by atoms with Crippen molar-refractivity contribution in [2.24, 2.45) is 0 Å². The van der Waals surface area contributed by atoms with Crippen LogP contribution in [0.1, 0.15) is 35.1 Å². The molecule has 1 atom stereocenters. The van der Waals surface area contributed by atoms with Crippen molar-refractivity contribution in [1.29, 1.82) is 0 Å². The van der Waals surface area contributed by atoms with E-state index in [1.165, 1.54) is 0 Å². The van der Waals surface area contributed by atoms with Gasteiger partial charge in [-0.25, -0.2) is 0 Å². The monoisotopic (exact) mass is 292 g/mol. The Morgan fingerprint density at radius 1 is 1.40 bits per heavy atom. The second kappa shape index (κ2) is 5.60. The van der Waals surface area contributed by atoms with Gasteiger partial charge in [0.15, 0.2) is 0 Å². The van der Waals surface area contributed by atoms with Gasteiger partial charge in [-0.3, -0.25) is 10.1 Å². The molecule has 7 heteroatoms. The van der Waals surface area contributed by atoms with Gasteiger partial charge in [-0.2, -0.15) is 0 Å². The molecule has 1 aromatic heterocycles. The average molecular weight is 293 g/mol. The van der Waals surface area contributed by atoms with Crippen molar-refractivity contribution in [3.05, 3.63) is 40.7 Å². The van der Waals surface area contributed by atoms with Crippen molar-refractivity contribution in [3.8, 4) is 0 Å². The molecule has 104 valence electrons. The lowest BCUT2D eigenvalue weighted by Crippen LogP contribution is -2.13. The van der Waals surface area contributed by atoms with Crippen LogP contribution in [0, 0.1) is 0 Å². The number of rotatable bonds is 3. The molecular formula is C13H13ClN4O2. The predicted molar refractivity (Wildman–Crippen MR) is 73.7 cm³/mol. The zero-order valence-corrected chi connectivity index (χ0v) is 11.4. The number of hydrogen-bond donors (Lipinski definition) is 2. The van der Waals surface area contributed by atoms with Crippen molar-refractivity contribution >= 4 is 23.5 Å². The number of hydrogen-bond acceptors (Lipinski definition) is 5. The van der Waals surface area contributed by atoms with Crippen molar-refractivity contribution in [2.75, 3.05) is 11.9 Å². The minimum Gasteiger partial charge on any atom is -0.406 e. The van der Waals surface area contributed by atoms with Gasteiger partial charge in [-0.1, -0.05) is 28.8 Å². The second-order valence-corrected chi connectivity index (χ2v) is 4.94. The van der Waals surface area contributed by atoms with Crippen LogP contribution in [0.3, 0.4) is 0 Å². The number of benzene rings is 1. The molecule has 0 radical (unpaired) electrons. The summed E-state index contributed by atoms with van der Waals surface area (Å²) in [6, 6.07) is 6.94. The number of halogens is 1. The van der Waals surface area contributed by atoms with Crippen LogP contribution in [0.4, 0.5) is 6.01 Å². The van der Waals surface area contributed by atoms with Gasteiger partial charge in [0.25, 0.3) is 5.91 Å². The Labute approximate surface area is 120 Å². The first-order chi connectivity index (χ1) is 9.74. The topological polar surface area (TPSA) is 80.0 Å². The first-order valence-corrected chi connectivity index (χ1v) is 6.74. The van der Waals surface area contributed by atoms with Gasteiger partial charge < -0.3 is 9.73 Å². The SMILES string of the molecule is O=C(Nc1nnc(C2CCCN2)o1)c1ccccc1Cl. The molecule has 2 heterocycles. The Kier molecular flexibility index (Phi) is 3.66. The standard InChI is InChI=1S/C13H13ClN4O2/c14-9-5-2-1-4-8(9)11(19)16-13-18-17-12(20-13)10-6-3-7-15-10/h1-2,4-5,10,15H,3,6-7H2,(H,16,18,19). The van der Waals surface area contributed by atoms with E-state index in [1.807, 2.05) is 0 Å². The molecule has 20 heavy (non-hydrogen) atoms. The lowest BCUT2D eigenvalue weighted by molar-refractivity contribution is 0.102. The highest BCUT2D eigenvalue weighted by molar-refractivity contribution is 6.34. The maximum absolute atomic E-state index is 12.0. The van der Waals surface area contributed by atoms with E-state index in [-0.39, 0.29) is 18.0 Å². The lowest BCUT2D eigenvalue weighted by atomic mass is 10.2. The number of aromatic nitrogens is 2. The molecule has 1 unspecified atom stereocenters. The van der Waals surface area contributed by atoms with E-state index < -0.39 is 0 Å². The van der Waals surface area contributed by atoms with E-state index in [0.717, 1.165) is 19.4 Å². The molecule has 0 saturated carbocycles. The van der Waals surface area contributed by atoms with Gasteiger partial charge in [0.05, 0.1) is 16.6 Å². The summed E-state index contributed by atoms with van der Waals surface area (Å²) in [5.74, 6) is 0.127. The van der Waals surface area contributed by atoms with E-state index in [0.29, 0.717) is 16.5 Å². The summed E-state index contributed by atoms with van der Waals surface area (Å²) in [5, 5.41) is 13.9. The summed E-state index contributed by atoms with van der Waals surface area (Å²) in [6.07, 6.45) is 2.04. The van der Waals surface area contributed by atoms with Crippen LogP contribution in [0.15, 0.2) is 28.7 Å². The fourth-order valence-electron chi connectivity index (χ4n) is 2.13. The summed E-state index contributed by atoms with van der Waals surface area (Å²) in [6.45, 7) is 0.939. The van der Waals surface area contributed by atoms with Gasteiger partial charge in [-0.05, 0) is 31.5 Å². The minimum atomic E-state index is -0.370. The third-order valence-electron chi connectivity index (χ3n) is 3.14. The number of nitrogens with zero attached hydrogens (tertiary/aromatic N) is 2. The normalized spacial score (nSPS) is 18.1.